The molecule has 10 nitrogen and oxygen atoms in total. The van der Waals surface area contributed by atoms with Gasteiger partial charge in [0.1, 0.15) is 12.4 Å². The number of aliphatic hydroxyl groups excluding tert-OH is 1. The minimum Gasteiger partial charge on any atom is -0.495 e. The third kappa shape index (κ3) is 4.55. The molecule has 5 rings (SSSR count). The van der Waals surface area contributed by atoms with Gasteiger partial charge in [0.25, 0.3) is 0 Å². The Balaban J connectivity index is 1.36. The fraction of sp³-hybridized carbons (Fsp3) is 0.500. The zero-order valence-electron chi connectivity index (χ0n) is 19.6. The van der Waals surface area contributed by atoms with Gasteiger partial charge >= 0.3 is 0 Å². The van der Waals surface area contributed by atoms with Crippen LogP contribution in [-0.4, -0.2) is 69.0 Å². The van der Waals surface area contributed by atoms with Gasteiger partial charge in [-0.15, -0.1) is 0 Å². The number of hydrogen-bond donors (Lipinski definition) is 3. The summed E-state index contributed by atoms with van der Waals surface area (Å²) in [6.45, 7) is 1.48. The SMILES string of the molecule is COc1cc2c(cc1Nc1ncc3cnn([C@H]4CC[C@H](NC(=O)CO)CC4)c3n1)CN(C)CC2. The largest absolute Gasteiger partial charge is 0.495 e. The van der Waals surface area contributed by atoms with Crippen molar-refractivity contribution in [2.75, 3.05) is 32.6 Å². The number of aromatic nitrogens is 4. The first-order valence-electron chi connectivity index (χ1n) is 11.8. The lowest BCUT2D eigenvalue weighted by Gasteiger charge is -2.29. The molecule has 1 saturated carbocycles. The maximum Gasteiger partial charge on any atom is 0.245 e. The zero-order chi connectivity index (χ0) is 23.7. The van der Waals surface area contributed by atoms with Gasteiger partial charge in [-0.1, -0.05) is 0 Å². The van der Waals surface area contributed by atoms with Crippen molar-refractivity contribution in [3.8, 4) is 5.75 Å². The van der Waals surface area contributed by atoms with Crippen LogP contribution in [0.2, 0.25) is 0 Å². The average molecular weight is 466 g/mol. The third-order valence-corrected chi connectivity index (χ3v) is 6.86. The number of nitrogens with zero attached hydrogens (tertiary/aromatic N) is 5. The first-order chi connectivity index (χ1) is 16.5. The van der Waals surface area contributed by atoms with Gasteiger partial charge in [0.2, 0.25) is 11.9 Å². The summed E-state index contributed by atoms with van der Waals surface area (Å²) in [5, 5.41) is 20.7. The van der Waals surface area contributed by atoms with Crippen LogP contribution in [0.4, 0.5) is 11.6 Å². The van der Waals surface area contributed by atoms with E-state index in [0.29, 0.717) is 5.95 Å². The fourth-order valence-electron chi connectivity index (χ4n) is 5.02. The Morgan fingerprint density at radius 1 is 1.21 bits per heavy atom. The van der Waals surface area contributed by atoms with E-state index < -0.39 is 6.61 Å². The number of amides is 1. The summed E-state index contributed by atoms with van der Waals surface area (Å²) in [5.41, 5.74) is 4.24. The monoisotopic (exact) mass is 465 g/mol. The van der Waals surface area contributed by atoms with Crippen LogP contribution in [0.1, 0.15) is 42.9 Å². The maximum atomic E-state index is 11.5. The summed E-state index contributed by atoms with van der Waals surface area (Å²) < 4.78 is 7.63. The minimum absolute atomic E-state index is 0.0973. The predicted molar refractivity (Wildman–Crippen MR) is 128 cm³/mol. The van der Waals surface area contributed by atoms with E-state index in [2.05, 4.69) is 44.8 Å². The molecule has 3 heterocycles. The van der Waals surface area contributed by atoms with Crippen molar-refractivity contribution in [1.29, 1.82) is 0 Å². The molecule has 3 N–H and O–H groups in total. The van der Waals surface area contributed by atoms with Crippen molar-refractivity contribution in [1.82, 2.24) is 30.0 Å². The molecule has 1 aliphatic heterocycles. The van der Waals surface area contributed by atoms with Gasteiger partial charge in [-0.2, -0.15) is 10.1 Å². The number of hydrogen-bond acceptors (Lipinski definition) is 8. The predicted octanol–water partition coefficient (Wildman–Crippen LogP) is 2.16. The lowest BCUT2D eigenvalue weighted by Crippen LogP contribution is -2.39. The highest BCUT2D eigenvalue weighted by molar-refractivity contribution is 5.77. The van der Waals surface area contributed by atoms with Gasteiger partial charge in [-0.25, -0.2) is 9.67 Å². The molecule has 34 heavy (non-hydrogen) atoms. The van der Waals surface area contributed by atoms with Crippen LogP contribution in [0, 0.1) is 0 Å². The summed E-state index contributed by atoms with van der Waals surface area (Å²) in [6, 6.07) is 4.55. The normalized spacial score (nSPS) is 20.7. The van der Waals surface area contributed by atoms with E-state index in [-0.39, 0.29) is 18.0 Å². The molecule has 1 fully saturated rings. The summed E-state index contributed by atoms with van der Waals surface area (Å²) >= 11 is 0. The van der Waals surface area contributed by atoms with Gasteiger partial charge in [-0.3, -0.25) is 4.79 Å². The molecule has 0 radical (unpaired) electrons. The Labute approximate surface area is 198 Å². The van der Waals surface area contributed by atoms with Crippen LogP contribution < -0.4 is 15.4 Å². The van der Waals surface area contributed by atoms with Crippen LogP contribution in [0.25, 0.3) is 11.0 Å². The molecule has 1 amide bonds. The van der Waals surface area contributed by atoms with Crippen LogP contribution in [0.5, 0.6) is 5.75 Å². The van der Waals surface area contributed by atoms with Crippen LogP contribution in [0.15, 0.2) is 24.5 Å². The van der Waals surface area contributed by atoms with Crippen molar-refractivity contribution < 1.29 is 14.6 Å². The Hall–Kier alpha value is -3.24. The van der Waals surface area contributed by atoms with Crippen molar-refractivity contribution in [2.45, 2.75) is 50.7 Å². The number of rotatable bonds is 6. The fourth-order valence-corrected chi connectivity index (χ4v) is 5.02. The number of fused-ring (bicyclic) bond motifs is 2. The van der Waals surface area contributed by atoms with E-state index in [9.17, 15) is 4.79 Å². The van der Waals surface area contributed by atoms with Gasteiger partial charge in [0.05, 0.1) is 30.4 Å². The number of carbonyl (C=O) groups is 1. The second-order valence-electron chi connectivity index (χ2n) is 9.23. The van der Waals surface area contributed by atoms with Crippen LogP contribution >= 0.6 is 0 Å². The summed E-state index contributed by atoms with van der Waals surface area (Å²) in [5.74, 6) is 0.963. The van der Waals surface area contributed by atoms with E-state index in [4.69, 9.17) is 14.8 Å². The minimum atomic E-state index is -0.470. The van der Waals surface area contributed by atoms with Gasteiger partial charge < -0.3 is 25.4 Å². The highest BCUT2D eigenvalue weighted by atomic mass is 16.5. The molecule has 180 valence electrons. The molecule has 1 aliphatic carbocycles. The van der Waals surface area contributed by atoms with Gasteiger partial charge in [-0.05, 0) is 62.4 Å². The topological polar surface area (TPSA) is 117 Å². The lowest BCUT2D eigenvalue weighted by molar-refractivity contribution is -0.124. The van der Waals surface area contributed by atoms with Crippen molar-refractivity contribution in [2.24, 2.45) is 0 Å². The van der Waals surface area contributed by atoms with E-state index >= 15 is 0 Å². The summed E-state index contributed by atoms with van der Waals surface area (Å²) in [7, 11) is 3.81. The average Bonchev–Trinajstić information content (AvgIpc) is 3.27. The molecule has 0 spiro atoms. The van der Waals surface area contributed by atoms with E-state index in [1.165, 1.54) is 11.1 Å². The lowest BCUT2D eigenvalue weighted by atomic mass is 9.91. The number of likely N-dealkylation sites (N-methyl/N-ethyl adjacent to an activating group) is 1. The molecular weight excluding hydrogens is 434 g/mol. The first kappa shape index (κ1) is 22.5. The number of nitrogens with one attached hydrogen (secondary N) is 2. The summed E-state index contributed by atoms with van der Waals surface area (Å²) in [6.07, 6.45) is 8.05. The Morgan fingerprint density at radius 2 is 2.03 bits per heavy atom. The van der Waals surface area contributed by atoms with E-state index in [1.807, 2.05) is 4.68 Å². The highest BCUT2D eigenvalue weighted by Crippen LogP contribution is 2.34. The van der Waals surface area contributed by atoms with Gasteiger partial charge in [0.15, 0.2) is 5.65 Å². The van der Waals surface area contributed by atoms with Crippen LogP contribution in [0.3, 0.4) is 0 Å². The molecule has 1 aromatic carbocycles. The second kappa shape index (κ2) is 9.55. The molecule has 0 bridgehead atoms. The summed E-state index contributed by atoms with van der Waals surface area (Å²) in [4.78, 5) is 23.1. The molecule has 2 aliphatic rings. The molecule has 2 aromatic heterocycles. The van der Waals surface area contributed by atoms with E-state index in [0.717, 1.165) is 67.7 Å². The third-order valence-electron chi connectivity index (χ3n) is 6.86. The standard InChI is InChI=1S/C24H31N7O3/c1-30-8-7-15-10-21(34-2)20(9-16(15)13-30)28-24-25-11-17-12-26-31(23(17)29-24)19-5-3-18(4-6-19)27-22(33)14-32/h9-12,18-19,32H,3-8,13-14H2,1-2H3,(H,27,33)(H,25,28,29)/t18-,19-. The maximum absolute atomic E-state index is 11.5. The van der Waals surface area contributed by atoms with Crippen molar-refractivity contribution in [3.63, 3.8) is 0 Å². The smallest absolute Gasteiger partial charge is 0.245 e. The molecule has 0 unspecified atom stereocenters. The highest BCUT2D eigenvalue weighted by Gasteiger charge is 2.25. The number of anilines is 2. The van der Waals surface area contributed by atoms with Crippen molar-refractivity contribution >= 4 is 28.6 Å². The van der Waals surface area contributed by atoms with Crippen molar-refractivity contribution in [3.05, 3.63) is 35.7 Å². The molecule has 0 atom stereocenters. The first-order valence-corrected chi connectivity index (χ1v) is 11.8. The molecular formula is C24H31N7O3. The second-order valence-corrected chi connectivity index (χ2v) is 9.23. The molecule has 0 saturated heterocycles. The number of carbonyl (C=O) groups excluding carboxylic acids is 1. The quantitative estimate of drug-likeness (QED) is 0.507. The number of methoxy groups -OCH3 is 1. The molecule has 10 heteroatoms. The van der Waals surface area contributed by atoms with Gasteiger partial charge in [0, 0.05) is 25.3 Å². The number of benzene rings is 1. The molecule has 3 aromatic rings. The Kier molecular flexibility index (Phi) is 6.34. The Morgan fingerprint density at radius 3 is 2.79 bits per heavy atom. The zero-order valence-corrected chi connectivity index (χ0v) is 19.6. The van der Waals surface area contributed by atoms with E-state index in [1.54, 1.807) is 19.5 Å². The number of aliphatic hydroxyl groups is 1. The Bertz CT molecular complexity index is 1190. The number of ether oxygens (including phenoxy) is 1. The van der Waals surface area contributed by atoms with Crippen LogP contribution in [-0.2, 0) is 17.8 Å².